The molecule has 0 saturated heterocycles. The number of carboxylic acids is 1. The lowest BCUT2D eigenvalue weighted by molar-refractivity contribution is -0.143. The van der Waals surface area contributed by atoms with Crippen LogP contribution in [0.4, 0.5) is 0 Å². The summed E-state index contributed by atoms with van der Waals surface area (Å²) in [6.07, 6.45) is 13.8. The molecule has 0 heterocycles. The third kappa shape index (κ3) is 7.48. The molecular formula is C25H40O3. The van der Waals surface area contributed by atoms with Gasteiger partial charge in [-0.15, -0.1) is 0 Å². The molecule has 1 aromatic rings. The van der Waals surface area contributed by atoms with Crippen LogP contribution in [0.3, 0.4) is 0 Å². The second-order valence-electron chi connectivity index (χ2n) is 10.0. The zero-order valence-electron chi connectivity index (χ0n) is 18.2. The first-order chi connectivity index (χ1) is 13.2. The van der Waals surface area contributed by atoms with Crippen LogP contribution in [0.1, 0.15) is 103 Å². The van der Waals surface area contributed by atoms with Crippen molar-refractivity contribution in [3.05, 3.63) is 29.3 Å². The van der Waals surface area contributed by atoms with E-state index in [1.165, 1.54) is 37.7 Å². The number of aryl methyl sites for hydroxylation is 1. The van der Waals surface area contributed by atoms with E-state index < -0.39 is 11.4 Å². The number of carbonyl (C=O) groups is 1. The monoisotopic (exact) mass is 388 g/mol. The Morgan fingerprint density at radius 3 is 2.25 bits per heavy atom. The van der Waals surface area contributed by atoms with Crippen LogP contribution in [-0.2, 0) is 17.6 Å². The summed E-state index contributed by atoms with van der Waals surface area (Å²) in [5, 5.41) is 19.6. The molecule has 3 heteroatoms. The van der Waals surface area contributed by atoms with Gasteiger partial charge < -0.3 is 10.2 Å². The highest BCUT2D eigenvalue weighted by molar-refractivity contribution is 5.77. The first-order valence-electron chi connectivity index (χ1n) is 11.3. The number of aromatic hydroxyl groups is 1. The molecule has 2 N–H and O–H groups in total. The fourth-order valence-corrected chi connectivity index (χ4v) is 4.13. The second-order valence-corrected chi connectivity index (χ2v) is 10.0. The third-order valence-corrected chi connectivity index (χ3v) is 6.26. The summed E-state index contributed by atoms with van der Waals surface area (Å²) in [4.78, 5) is 11.2. The third-order valence-electron chi connectivity index (χ3n) is 6.26. The molecule has 0 amide bonds. The standard InChI is InChI=1S/C25H40O3/c1-24(2,3)16-9-5-4-7-12-20-13-11-15-22(26)21(20)14-8-6-10-17-25(18-19-25)23(27)28/h11,13,15,26H,4-10,12,14,16-19H2,1-3H3,(H,27,28). The molecule has 0 aliphatic heterocycles. The average molecular weight is 389 g/mol. The minimum atomic E-state index is -0.613. The molecule has 2 rings (SSSR count). The van der Waals surface area contributed by atoms with Crippen molar-refractivity contribution in [1.29, 1.82) is 0 Å². The summed E-state index contributed by atoms with van der Waals surface area (Å²) in [5.41, 5.74) is 2.44. The molecule has 1 aromatic carbocycles. The van der Waals surface area contributed by atoms with Crippen LogP contribution in [0.5, 0.6) is 5.75 Å². The van der Waals surface area contributed by atoms with Gasteiger partial charge in [0.05, 0.1) is 5.41 Å². The predicted molar refractivity (Wildman–Crippen MR) is 116 cm³/mol. The van der Waals surface area contributed by atoms with Crippen LogP contribution in [0, 0.1) is 10.8 Å². The Labute approximate surface area is 171 Å². The molecule has 0 radical (unpaired) electrons. The maximum atomic E-state index is 11.2. The van der Waals surface area contributed by atoms with Gasteiger partial charge in [-0.3, -0.25) is 4.79 Å². The lowest BCUT2D eigenvalue weighted by Gasteiger charge is -2.17. The molecule has 1 aliphatic rings. The zero-order chi connectivity index (χ0) is 20.6. The summed E-state index contributed by atoms with van der Waals surface area (Å²) in [7, 11) is 0. The molecule has 0 unspecified atom stereocenters. The average Bonchev–Trinajstić information content (AvgIpc) is 3.40. The van der Waals surface area contributed by atoms with E-state index in [0.717, 1.165) is 56.9 Å². The summed E-state index contributed by atoms with van der Waals surface area (Å²) < 4.78 is 0. The van der Waals surface area contributed by atoms with Crippen molar-refractivity contribution < 1.29 is 15.0 Å². The Morgan fingerprint density at radius 1 is 0.964 bits per heavy atom. The molecule has 0 bridgehead atoms. The van der Waals surface area contributed by atoms with Gasteiger partial charge in [0.2, 0.25) is 0 Å². The minimum absolute atomic E-state index is 0.396. The summed E-state index contributed by atoms with van der Waals surface area (Å²) >= 11 is 0. The fourth-order valence-electron chi connectivity index (χ4n) is 4.13. The molecule has 3 nitrogen and oxygen atoms in total. The van der Waals surface area contributed by atoms with E-state index in [0.29, 0.717) is 11.2 Å². The van der Waals surface area contributed by atoms with Gasteiger partial charge in [0, 0.05) is 0 Å². The highest BCUT2D eigenvalue weighted by atomic mass is 16.4. The largest absolute Gasteiger partial charge is 0.508 e. The lowest BCUT2D eigenvalue weighted by atomic mass is 9.89. The van der Waals surface area contributed by atoms with Gasteiger partial charge in [-0.1, -0.05) is 65.0 Å². The number of benzene rings is 1. The molecule has 158 valence electrons. The van der Waals surface area contributed by atoms with Gasteiger partial charge in [-0.25, -0.2) is 0 Å². The topological polar surface area (TPSA) is 57.5 Å². The van der Waals surface area contributed by atoms with Gasteiger partial charge in [0.25, 0.3) is 0 Å². The van der Waals surface area contributed by atoms with E-state index in [1.54, 1.807) is 6.07 Å². The van der Waals surface area contributed by atoms with Crippen LogP contribution in [0.15, 0.2) is 18.2 Å². The minimum Gasteiger partial charge on any atom is -0.508 e. The van der Waals surface area contributed by atoms with E-state index >= 15 is 0 Å². The van der Waals surface area contributed by atoms with Crippen LogP contribution in [-0.4, -0.2) is 16.2 Å². The number of phenols is 1. The highest BCUT2D eigenvalue weighted by Crippen LogP contribution is 2.50. The number of aliphatic carboxylic acids is 1. The summed E-state index contributed by atoms with van der Waals surface area (Å²) in [5.74, 6) is -0.188. The highest BCUT2D eigenvalue weighted by Gasteiger charge is 2.49. The fraction of sp³-hybridized carbons (Fsp3) is 0.720. The molecule has 0 aromatic heterocycles. The smallest absolute Gasteiger partial charge is 0.309 e. The first kappa shape index (κ1) is 22.8. The van der Waals surface area contributed by atoms with Crippen molar-refractivity contribution in [2.45, 2.75) is 104 Å². The predicted octanol–water partition coefficient (Wildman–Crippen LogP) is 6.90. The van der Waals surface area contributed by atoms with Crippen LogP contribution in [0.25, 0.3) is 0 Å². The molecule has 0 atom stereocenters. The van der Waals surface area contributed by atoms with Crippen molar-refractivity contribution >= 4 is 5.97 Å². The Kier molecular flexibility index (Phi) is 8.39. The Morgan fingerprint density at radius 2 is 1.61 bits per heavy atom. The van der Waals surface area contributed by atoms with Gasteiger partial charge in [-0.05, 0) is 74.0 Å². The lowest BCUT2D eigenvalue weighted by Crippen LogP contribution is -2.14. The van der Waals surface area contributed by atoms with Crippen molar-refractivity contribution in [3.63, 3.8) is 0 Å². The van der Waals surface area contributed by atoms with Crippen LogP contribution in [0.2, 0.25) is 0 Å². The molecule has 1 saturated carbocycles. The maximum Gasteiger partial charge on any atom is 0.309 e. The van der Waals surface area contributed by atoms with Crippen LogP contribution >= 0.6 is 0 Å². The van der Waals surface area contributed by atoms with E-state index in [4.69, 9.17) is 0 Å². The Hall–Kier alpha value is -1.51. The van der Waals surface area contributed by atoms with Crippen molar-refractivity contribution in [1.82, 2.24) is 0 Å². The molecule has 0 spiro atoms. The number of unbranched alkanes of at least 4 members (excludes halogenated alkanes) is 5. The van der Waals surface area contributed by atoms with Gasteiger partial charge in [-0.2, -0.15) is 0 Å². The maximum absolute atomic E-state index is 11.2. The van der Waals surface area contributed by atoms with Gasteiger partial charge in [0.15, 0.2) is 0 Å². The van der Waals surface area contributed by atoms with Gasteiger partial charge in [0.1, 0.15) is 5.75 Å². The van der Waals surface area contributed by atoms with E-state index in [9.17, 15) is 15.0 Å². The zero-order valence-corrected chi connectivity index (χ0v) is 18.2. The number of phenolic OH excluding ortho intramolecular Hbond substituents is 1. The molecule has 28 heavy (non-hydrogen) atoms. The Bertz CT molecular complexity index is 623. The van der Waals surface area contributed by atoms with E-state index in [-0.39, 0.29) is 0 Å². The molecular weight excluding hydrogens is 348 g/mol. The van der Waals surface area contributed by atoms with E-state index in [2.05, 4.69) is 26.8 Å². The SMILES string of the molecule is CC(C)(C)CCCCCCc1cccc(O)c1CCCCCC1(C(=O)O)CC1. The van der Waals surface area contributed by atoms with Crippen molar-refractivity contribution in [2.75, 3.05) is 0 Å². The van der Waals surface area contributed by atoms with Crippen molar-refractivity contribution in [2.24, 2.45) is 10.8 Å². The number of rotatable bonds is 13. The number of hydrogen-bond donors (Lipinski definition) is 2. The molecule has 1 aliphatic carbocycles. The summed E-state index contributed by atoms with van der Waals surface area (Å²) in [6.45, 7) is 6.91. The quantitative estimate of drug-likeness (QED) is 0.361. The molecule has 1 fully saturated rings. The first-order valence-corrected chi connectivity index (χ1v) is 11.3. The second kappa shape index (κ2) is 10.3. The summed E-state index contributed by atoms with van der Waals surface area (Å²) in [6, 6.07) is 5.91. The Balaban J connectivity index is 1.69. The van der Waals surface area contributed by atoms with E-state index in [1.807, 2.05) is 6.07 Å². The van der Waals surface area contributed by atoms with Gasteiger partial charge >= 0.3 is 5.97 Å². The number of carboxylic acid groups (broad SMARTS) is 1. The normalized spacial score (nSPS) is 15.5. The number of hydrogen-bond acceptors (Lipinski definition) is 2. The van der Waals surface area contributed by atoms with Crippen LogP contribution < -0.4 is 0 Å². The van der Waals surface area contributed by atoms with Crippen molar-refractivity contribution in [3.8, 4) is 5.75 Å².